The summed E-state index contributed by atoms with van der Waals surface area (Å²) in [6.45, 7) is 2.04. The molecule has 0 saturated carbocycles. The molecule has 0 aliphatic rings. The number of aliphatic hydroxyl groups is 2. The summed E-state index contributed by atoms with van der Waals surface area (Å²) in [4.78, 5) is 40.7. The van der Waals surface area contributed by atoms with Crippen LogP contribution < -0.4 is 15.9 Å². The Hall–Kier alpha value is -6.56. The molecule has 0 fully saturated rings. The molecule has 0 aliphatic carbocycles. The largest absolute Gasteiger partial charge is 0.493 e. The summed E-state index contributed by atoms with van der Waals surface area (Å²) in [6.07, 6.45) is 6.74. The first-order valence-corrected chi connectivity index (χ1v) is 16.9. The predicted molar refractivity (Wildman–Crippen MR) is 201 cm³/mol. The second-order valence-electron chi connectivity index (χ2n) is 12.7. The lowest BCUT2D eigenvalue weighted by Crippen LogP contribution is -2.10. The Morgan fingerprint density at radius 2 is 1.44 bits per heavy atom. The van der Waals surface area contributed by atoms with E-state index in [0.29, 0.717) is 40.8 Å². The summed E-state index contributed by atoms with van der Waals surface area (Å²) in [5, 5.41) is 19.7. The van der Waals surface area contributed by atoms with Crippen LogP contribution in [0.3, 0.4) is 0 Å². The Labute approximate surface area is 297 Å². The van der Waals surface area contributed by atoms with Crippen molar-refractivity contribution in [3.8, 4) is 50.5 Å². The maximum absolute atomic E-state index is 13.1. The molecule has 8 aromatic rings. The molecule has 4 heterocycles. The molecule has 11 nitrogen and oxygen atoms in total. The van der Waals surface area contributed by atoms with E-state index in [1.807, 2.05) is 119 Å². The van der Waals surface area contributed by atoms with Crippen LogP contribution >= 0.6 is 0 Å². The summed E-state index contributed by atoms with van der Waals surface area (Å²) < 4.78 is 9.52. The van der Waals surface area contributed by atoms with Crippen LogP contribution in [0.25, 0.3) is 66.8 Å². The fourth-order valence-corrected chi connectivity index (χ4v) is 6.53. The van der Waals surface area contributed by atoms with E-state index in [4.69, 9.17) is 4.74 Å². The SMILES string of the molecule is CC(O)CCOc1ccc(-c2cn(-c3cccc(-c4ccc(-n5cc(-c6cccc(CO)c6)c6nc[nH]c(=O)c65)cc4)c3)c3nc[nH]c(=O)c23)cc1. The molecule has 4 aromatic carbocycles. The fourth-order valence-electron chi connectivity index (χ4n) is 6.53. The normalized spacial score (nSPS) is 12.1. The highest BCUT2D eigenvalue weighted by molar-refractivity contribution is 5.95. The zero-order valence-electron chi connectivity index (χ0n) is 28.2. The zero-order valence-corrected chi connectivity index (χ0v) is 28.2. The summed E-state index contributed by atoms with van der Waals surface area (Å²) in [6, 6.07) is 31.0. The van der Waals surface area contributed by atoms with Crippen LogP contribution in [0, 0.1) is 0 Å². The van der Waals surface area contributed by atoms with Crippen molar-refractivity contribution in [3.05, 3.63) is 148 Å². The van der Waals surface area contributed by atoms with Crippen molar-refractivity contribution in [1.82, 2.24) is 29.1 Å². The molecule has 1 unspecified atom stereocenters. The van der Waals surface area contributed by atoms with Crippen LogP contribution in [-0.4, -0.2) is 52.0 Å². The maximum Gasteiger partial charge on any atom is 0.275 e. The molecule has 0 spiro atoms. The Bertz CT molecular complexity index is 2670. The average molecular weight is 691 g/mol. The molecule has 52 heavy (non-hydrogen) atoms. The summed E-state index contributed by atoms with van der Waals surface area (Å²) in [7, 11) is 0. The molecule has 0 aliphatic heterocycles. The summed E-state index contributed by atoms with van der Waals surface area (Å²) >= 11 is 0. The van der Waals surface area contributed by atoms with Gasteiger partial charge in [-0.1, -0.05) is 54.6 Å². The van der Waals surface area contributed by atoms with E-state index in [2.05, 4.69) is 19.9 Å². The van der Waals surface area contributed by atoms with Crippen LogP contribution in [0.5, 0.6) is 5.75 Å². The quantitative estimate of drug-likeness (QED) is 0.130. The lowest BCUT2D eigenvalue weighted by Gasteiger charge is -2.10. The molecule has 0 amide bonds. The highest BCUT2D eigenvalue weighted by atomic mass is 16.5. The van der Waals surface area contributed by atoms with Crippen molar-refractivity contribution in [2.24, 2.45) is 0 Å². The van der Waals surface area contributed by atoms with Gasteiger partial charge in [0.25, 0.3) is 11.1 Å². The van der Waals surface area contributed by atoms with Gasteiger partial charge in [0.05, 0.1) is 37.4 Å². The van der Waals surface area contributed by atoms with E-state index >= 15 is 0 Å². The van der Waals surface area contributed by atoms with Gasteiger partial charge < -0.3 is 34.1 Å². The van der Waals surface area contributed by atoms with Crippen molar-refractivity contribution in [3.63, 3.8) is 0 Å². The average Bonchev–Trinajstić information content (AvgIpc) is 3.77. The van der Waals surface area contributed by atoms with Crippen LogP contribution in [0.15, 0.2) is 132 Å². The third kappa shape index (κ3) is 6.08. The summed E-state index contributed by atoms with van der Waals surface area (Å²) in [5.74, 6) is 0.681. The first kappa shape index (κ1) is 32.6. The minimum absolute atomic E-state index is 0.0872. The number of benzene rings is 4. The molecule has 0 saturated heterocycles. The molecule has 258 valence electrons. The smallest absolute Gasteiger partial charge is 0.275 e. The zero-order chi connectivity index (χ0) is 35.8. The number of aromatic amines is 2. The summed E-state index contributed by atoms with van der Waals surface area (Å²) in [5.41, 5.74) is 8.55. The first-order valence-electron chi connectivity index (χ1n) is 16.9. The number of nitrogens with one attached hydrogen (secondary N) is 2. The first-order chi connectivity index (χ1) is 25.4. The second-order valence-corrected chi connectivity index (χ2v) is 12.7. The predicted octanol–water partition coefficient (Wildman–Crippen LogP) is 6.38. The Morgan fingerprint density at radius 3 is 2.23 bits per heavy atom. The van der Waals surface area contributed by atoms with Gasteiger partial charge in [-0.15, -0.1) is 0 Å². The molecular weight excluding hydrogens is 656 g/mol. The number of aromatic nitrogens is 6. The van der Waals surface area contributed by atoms with Crippen LogP contribution in [-0.2, 0) is 6.61 Å². The number of hydrogen-bond donors (Lipinski definition) is 4. The van der Waals surface area contributed by atoms with Gasteiger partial charge >= 0.3 is 0 Å². The maximum atomic E-state index is 13.1. The van der Waals surface area contributed by atoms with Crippen molar-refractivity contribution in [1.29, 1.82) is 0 Å². The molecular formula is C41H34N6O5. The standard InChI is InChI=1S/C41H34N6O5/c1-25(49)16-17-52-33-14-10-28(11-15-33)34-20-47(39-36(34)40(50)44-24-43-39)32-7-3-5-29(19-32)27-8-12-31(13-9-27)46-21-35(30-6-2-4-26(18-30)22-48)37-38(46)41(51)45-23-42-37/h2-15,18-21,23-25,48-49H,16-17,22H2,1H3,(H,42,45,51)(H,43,44,50). The van der Waals surface area contributed by atoms with Gasteiger partial charge in [-0.25, -0.2) is 9.97 Å². The Morgan fingerprint density at radius 1 is 0.731 bits per heavy atom. The molecule has 4 aromatic heterocycles. The van der Waals surface area contributed by atoms with E-state index in [1.165, 1.54) is 12.7 Å². The lowest BCUT2D eigenvalue weighted by molar-refractivity contribution is 0.155. The van der Waals surface area contributed by atoms with E-state index in [-0.39, 0.29) is 17.7 Å². The number of nitrogens with zero attached hydrogens (tertiary/aromatic N) is 4. The van der Waals surface area contributed by atoms with E-state index in [0.717, 1.165) is 50.3 Å². The number of aliphatic hydroxyl groups excluding tert-OH is 2. The number of hydrogen-bond acceptors (Lipinski definition) is 7. The number of ether oxygens (including phenoxy) is 1. The lowest BCUT2D eigenvalue weighted by atomic mass is 10.0. The van der Waals surface area contributed by atoms with Gasteiger partial charge in [-0.3, -0.25) is 9.59 Å². The number of fused-ring (bicyclic) bond motifs is 2. The molecule has 4 N–H and O–H groups in total. The van der Waals surface area contributed by atoms with E-state index in [1.54, 1.807) is 6.92 Å². The third-order valence-corrected chi connectivity index (χ3v) is 9.17. The van der Waals surface area contributed by atoms with Crippen molar-refractivity contribution in [2.75, 3.05) is 6.61 Å². The van der Waals surface area contributed by atoms with E-state index < -0.39 is 6.10 Å². The molecule has 0 bridgehead atoms. The minimum Gasteiger partial charge on any atom is -0.493 e. The van der Waals surface area contributed by atoms with Crippen LogP contribution in [0.2, 0.25) is 0 Å². The second kappa shape index (κ2) is 13.6. The van der Waals surface area contributed by atoms with Gasteiger partial charge in [-0.2, -0.15) is 0 Å². The molecule has 0 radical (unpaired) electrons. The van der Waals surface area contributed by atoms with E-state index in [9.17, 15) is 19.8 Å². The van der Waals surface area contributed by atoms with Crippen LogP contribution in [0.4, 0.5) is 0 Å². The third-order valence-electron chi connectivity index (χ3n) is 9.17. The number of H-pyrrole nitrogens is 2. The Balaban J connectivity index is 1.13. The van der Waals surface area contributed by atoms with Gasteiger partial charge in [0.15, 0.2) is 5.65 Å². The van der Waals surface area contributed by atoms with Crippen molar-refractivity contribution >= 4 is 22.1 Å². The van der Waals surface area contributed by atoms with Gasteiger partial charge in [-0.05, 0) is 77.2 Å². The molecule has 1 atom stereocenters. The van der Waals surface area contributed by atoms with Crippen LogP contribution in [0.1, 0.15) is 18.9 Å². The number of rotatable bonds is 10. The van der Waals surface area contributed by atoms with Gasteiger partial charge in [0.1, 0.15) is 16.8 Å². The topological polar surface area (TPSA) is 151 Å². The monoisotopic (exact) mass is 690 g/mol. The van der Waals surface area contributed by atoms with Crippen molar-refractivity contribution in [2.45, 2.75) is 26.1 Å². The minimum atomic E-state index is -0.436. The van der Waals surface area contributed by atoms with Gasteiger partial charge in [0, 0.05) is 41.3 Å². The molecule has 11 heteroatoms. The molecule has 8 rings (SSSR count). The fraction of sp³-hybridized carbons (Fsp3) is 0.122. The Kier molecular flexibility index (Phi) is 8.55. The highest BCUT2D eigenvalue weighted by Crippen LogP contribution is 2.34. The highest BCUT2D eigenvalue weighted by Gasteiger charge is 2.18. The van der Waals surface area contributed by atoms with Gasteiger partial charge in [0.2, 0.25) is 0 Å². The van der Waals surface area contributed by atoms with Crippen molar-refractivity contribution < 1.29 is 14.9 Å².